The monoisotopic (exact) mass is 297 g/mol. The molecule has 0 bridgehead atoms. The molecule has 1 amide bonds. The van der Waals surface area contributed by atoms with Crippen molar-refractivity contribution in [1.82, 2.24) is 0 Å². The van der Waals surface area contributed by atoms with Crippen LogP contribution in [0.4, 0.5) is 14.5 Å². The third-order valence-corrected chi connectivity index (χ3v) is 3.60. The zero-order valence-electron chi connectivity index (χ0n) is 11.0. The number of quaternary nitrogens is 1. The Morgan fingerprint density at radius 3 is 2.85 bits per heavy atom. The second-order valence-corrected chi connectivity index (χ2v) is 5.59. The minimum absolute atomic E-state index is 0.126. The van der Waals surface area contributed by atoms with E-state index in [0.717, 1.165) is 29.6 Å². The van der Waals surface area contributed by atoms with E-state index in [1.54, 1.807) is 11.3 Å². The standard InChI is InChI=1S/C14H14F2N2OS/c1-18(8-11-3-2-6-20-11)9-14(19)17-13-7-10(15)4-5-12(13)16/h2-7H,8-9H2,1H3,(H,17,19)/p+1. The van der Waals surface area contributed by atoms with Gasteiger partial charge >= 0.3 is 0 Å². The molecule has 2 N–H and O–H groups in total. The summed E-state index contributed by atoms with van der Waals surface area (Å²) in [5.41, 5.74) is -0.126. The first-order valence-electron chi connectivity index (χ1n) is 6.13. The van der Waals surface area contributed by atoms with Gasteiger partial charge in [-0.15, -0.1) is 11.3 Å². The van der Waals surface area contributed by atoms with Crippen LogP contribution in [0.2, 0.25) is 0 Å². The van der Waals surface area contributed by atoms with E-state index in [-0.39, 0.29) is 18.1 Å². The van der Waals surface area contributed by atoms with Gasteiger partial charge in [0.15, 0.2) is 6.54 Å². The molecule has 1 unspecified atom stereocenters. The number of carbonyl (C=O) groups excluding carboxylic acids is 1. The van der Waals surface area contributed by atoms with Crippen molar-refractivity contribution < 1.29 is 18.5 Å². The Labute approximate surface area is 119 Å². The second kappa shape index (κ2) is 6.58. The molecule has 0 fully saturated rings. The van der Waals surface area contributed by atoms with Crippen LogP contribution in [0.25, 0.3) is 0 Å². The van der Waals surface area contributed by atoms with Crippen molar-refractivity contribution in [3.05, 3.63) is 52.2 Å². The maximum atomic E-state index is 13.4. The van der Waals surface area contributed by atoms with E-state index < -0.39 is 11.6 Å². The van der Waals surface area contributed by atoms with Gasteiger partial charge < -0.3 is 10.2 Å². The van der Waals surface area contributed by atoms with Crippen LogP contribution in [-0.4, -0.2) is 19.5 Å². The molecule has 2 aromatic rings. The van der Waals surface area contributed by atoms with E-state index in [9.17, 15) is 13.6 Å². The normalized spacial score (nSPS) is 12.2. The maximum absolute atomic E-state index is 13.4. The molecular weight excluding hydrogens is 282 g/mol. The van der Waals surface area contributed by atoms with Crippen molar-refractivity contribution in [3.63, 3.8) is 0 Å². The van der Waals surface area contributed by atoms with Gasteiger partial charge in [-0.2, -0.15) is 0 Å². The summed E-state index contributed by atoms with van der Waals surface area (Å²) in [7, 11) is 1.88. The third kappa shape index (κ3) is 4.11. The van der Waals surface area contributed by atoms with E-state index in [1.165, 1.54) is 4.88 Å². The Balaban J connectivity index is 1.90. The first kappa shape index (κ1) is 14.6. The first-order chi connectivity index (χ1) is 9.54. The molecule has 6 heteroatoms. The van der Waals surface area contributed by atoms with Crippen molar-refractivity contribution in [2.75, 3.05) is 18.9 Å². The number of rotatable bonds is 5. The molecule has 0 saturated carbocycles. The van der Waals surface area contributed by atoms with Crippen molar-refractivity contribution >= 4 is 22.9 Å². The molecule has 0 aliphatic carbocycles. The van der Waals surface area contributed by atoms with Crippen LogP contribution < -0.4 is 10.2 Å². The lowest BCUT2D eigenvalue weighted by Crippen LogP contribution is -3.08. The molecule has 2 rings (SSSR count). The number of benzene rings is 1. The fourth-order valence-electron chi connectivity index (χ4n) is 1.83. The minimum Gasteiger partial charge on any atom is -0.325 e. The lowest BCUT2D eigenvalue weighted by molar-refractivity contribution is -0.884. The predicted octanol–water partition coefficient (Wildman–Crippen LogP) is 1.68. The molecule has 0 radical (unpaired) electrons. The summed E-state index contributed by atoms with van der Waals surface area (Å²) < 4.78 is 26.4. The van der Waals surface area contributed by atoms with E-state index >= 15 is 0 Å². The van der Waals surface area contributed by atoms with Crippen molar-refractivity contribution in [2.45, 2.75) is 6.54 Å². The molecule has 1 aromatic carbocycles. The lowest BCUT2D eigenvalue weighted by Gasteiger charge is -2.13. The summed E-state index contributed by atoms with van der Waals surface area (Å²) in [6.45, 7) is 0.907. The van der Waals surface area contributed by atoms with Gasteiger partial charge in [-0.05, 0) is 23.6 Å². The number of halogens is 2. The highest BCUT2D eigenvalue weighted by molar-refractivity contribution is 7.09. The summed E-state index contributed by atoms with van der Waals surface area (Å²) in [5, 5.41) is 4.37. The zero-order valence-corrected chi connectivity index (χ0v) is 11.8. The SMILES string of the molecule is C[NH+](CC(=O)Nc1cc(F)ccc1F)Cc1cccs1. The average Bonchev–Trinajstić information content (AvgIpc) is 2.86. The van der Waals surface area contributed by atoms with Gasteiger partial charge in [0.25, 0.3) is 5.91 Å². The molecule has 3 nitrogen and oxygen atoms in total. The first-order valence-corrected chi connectivity index (χ1v) is 7.01. The largest absolute Gasteiger partial charge is 0.325 e. The van der Waals surface area contributed by atoms with Crippen LogP contribution in [0, 0.1) is 11.6 Å². The number of hydrogen-bond donors (Lipinski definition) is 2. The Hall–Kier alpha value is -1.79. The van der Waals surface area contributed by atoms with Gasteiger partial charge in [0.1, 0.15) is 18.2 Å². The van der Waals surface area contributed by atoms with Crippen LogP contribution in [0.1, 0.15) is 4.88 Å². The number of carbonyl (C=O) groups is 1. The number of nitrogens with one attached hydrogen (secondary N) is 2. The van der Waals surface area contributed by atoms with Crippen molar-refractivity contribution in [2.24, 2.45) is 0 Å². The Kier molecular flexibility index (Phi) is 4.81. The summed E-state index contributed by atoms with van der Waals surface area (Å²) >= 11 is 1.62. The summed E-state index contributed by atoms with van der Waals surface area (Å²) in [6, 6.07) is 6.93. The fraction of sp³-hybridized carbons (Fsp3) is 0.214. The van der Waals surface area contributed by atoms with Gasteiger partial charge in [0.2, 0.25) is 0 Å². The van der Waals surface area contributed by atoms with Gasteiger partial charge in [0, 0.05) is 6.07 Å². The quantitative estimate of drug-likeness (QED) is 0.865. The highest BCUT2D eigenvalue weighted by Gasteiger charge is 2.13. The summed E-state index contributed by atoms with van der Waals surface area (Å²) in [6.07, 6.45) is 0. The smallest absolute Gasteiger partial charge is 0.279 e. The predicted molar refractivity (Wildman–Crippen MR) is 74.8 cm³/mol. The Morgan fingerprint density at radius 1 is 1.35 bits per heavy atom. The molecule has 0 aliphatic heterocycles. The Morgan fingerprint density at radius 2 is 2.15 bits per heavy atom. The van der Waals surface area contributed by atoms with Gasteiger partial charge in [-0.25, -0.2) is 8.78 Å². The van der Waals surface area contributed by atoms with E-state index in [1.807, 2.05) is 24.6 Å². The highest BCUT2D eigenvalue weighted by Crippen LogP contribution is 2.14. The molecule has 20 heavy (non-hydrogen) atoms. The molecule has 106 valence electrons. The third-order valence-electron chi connectivity index (χ3n) is 2.72. The topological polar surface area (TPSA) is 33.5 Å². The number of likely N-dealkylation sites (N-methyl/N-ethyl adjacent to an activating group) is 1. The second-order valence-electron chi connectivity index (χ2n) is 4.56. The number of amides is 1. The van der Waals surface area contributed by atoms with Crippen LogP contribution in [0.5, 0.6) is 0 Å². The molecule has 0 saturated heterocycles. The number of thiophene rings is 1. The van der Waals surface area contributed by atoms with Crippen LogP contribution in [0.3, 0.4) is 0 Å². The molecular formula is C14H15F2N2OS+. The molecule has 0 aliphatic rings. The zero-order chi connectivity index (χ0) is 14.5. The lowest BCUT2D eigenvalue weighted by atomic mass is 10.3. The van der Waals surface area contributed by atoms with Crippen LogP contribution in [-0.2, 0) is 11.3 Å². The molecule has 1 aromatic heterocycles. The number of hydrogen-bond acceptors (Lipinski definition) is 2. The van der Waals surface area contributed by atoms with E-state index in [4.69, 9.17) is 0 Å². The van der Waals surface area contributed by atoms with Gasteiger partial charge in [-0.1, -0.05) is 6.07 Å². The highest BCUT2D eigenvalue weighted by atomic mass is 32.1. The van der Waals surface area contributed by atoms with Gasteiger partial charge in [0.05, 0.1) is 17.6 Å². The van der Waals surface area contributed by atoms with Crippen molar-refractivity contribution in [3.8, 4) is 0 Å². The summed E-state index contributed by atoms with van der Waals surface area (Å²) in [4.78, 5) is 13.9. The molecule has 0 spiro atoms. The number of anilines is 1. The van der Waals surface area contributed by atoms with E-state index in [2.05, 4.69) is 5.32 Å². The molecule has 1 atom stereocenters. The molecule has 1 heterocycles. The minimum atomic E-state index is -0.643. The van der Waals surface area contributed by atoms with E-state index in [0.29, 0.717) is 0 Å². The van der Waals surface area contributed by atoms with Crippen LogP contribution in [0.15, 0.2) is 35.7 Å². The fourth-order valence-corrected chi connectivity index (χ4v) is 2.65. The maximum Gasteiger partial charge on any atom is 0.279 e. The summed E-state index contributed by atoms with van der Waals surface area (Å²) in [5.74, 6) is -1.57. The van der Waals surface area contributed by atoms with Crippen LogP contribution >= 0.6 is 11.3 Å². The van der Waals surface area contributed by atoms with Crippen molar-refractivity contribution in [1.29, 1.82) is 0 Å². The average molecular weight is 297 g/mol. The van der Waals surface area contributed by atoms with Gasteiger partial charge in [-0.3, -0.25) is 4.79 Å². The Bertz CT molecular complexity index is 587.